The van der Waals surface area contributed by atoms with E-state index in [1.54, 1.807) is 0 Å². The zero-order valence-electron chi connectivity index (χ0n) is 4.97. The molecule has 0 fully saturated rings. The molecule has 0 aliphatic heterocycles. The minimum Gasteiger partial charge on any atom is -0.292 e. The van der Waals surface area contributed by atoms with E-state index < -0.39 is 0 Å². The molecule has 0 aliphatic carbocycles. The standard InChI is InChI=1S/C6H6FNO/c1-5(9)8-3-2-6(7)4-8/h2-4H,1H3. The van der Waals surface area contributed by atoms with Crippen LogP contribution in [0.1, 0.15) is 11.7 Å². The minimum absolute atomic E-state index is 0.182. The fraction of sp³-hybridized carbons (Fsp3) is 0.167. The Morgan fingerprint density at radius 1 is 1.78 bits per heavy atom. The third kappa shape index (κ3) is 1.16. The summed E-state index contributed by atoms with van der Waals surface area (Å²) in [6, 6.07) is 1.24. The highest BCUT2D eigenvalue weighted by atomic mass is 19.1. The van der Waals surface area contributed by atoms with Gasteiger partial charge in [-0.15, -0.1) is 0 Å². The predicted octanol–water partition coefficient (Wildman–Crippen LogP) is 1.29. The smallest absolute Gasteiger partial charge is 0.227 e. The fourth-order valence-corrected chi connectivity index (χ4v) is 0.566. The maximum Gasteiger partial charge on any atom is 0.227 e. The summed E-state index contributed by atoms with van der Waals surface area (Å²) < 4.78 is 13.3. The van der Waals surface area contributed by atoms with Gasteiger partial charge in [0.05, 0.1) is 0 Å². The Labute approximate surface area is 51.9 Å². The van der Waals surface area contributed by atoms with Crippen LogP contribution in [0.2, 0.25) is 0 Å². The van der Waals surface area contributed by atoms with Gasteiger partial charge in [0.1, 0.15) is 5.82 Å². The maximum atomic E-state index is 12.1. The summed E-state index contributed by atoms with van der Waals surface area (Å²) >= 11 is 0. The first-order valence-electron chi connectivity index (χ1n) is 2.54. The fourth-order valence-electron chi connectivity index (χ4n) is 0.566. The van der Waals surface area contributed by atoms with Crippen LogP contribution in [0, 0.1) is 5.82 Å². The molecule has 0 bridgehead atoms. The predicted molar refractivity (Wildman–Crippen MR) is 30.7 cm³/mol. The SMILES string of the molecule is CC(=O)n1ccc(F)c1. The van der Waals surface area contributed by atoms with E-state index in [1.165, 1.54) is 23.8 Å². The van der Waals surface area contributed by atoms with Gasteiger partial charge in [-0.25, -0.2) is 4.39 Å². The van der Waals surface area contributed by atoms with Gasteiger partial charge in [-0.1, -0.05) is 0 Å². The number of rotatable bonds is 0. The molecule has 0 N–H and O–H groups in total. The molecule has 0 saturated heterocycles. The number of nitrogens with zero attached hydrogens (tertiary/aromatic N) is 1. The van der Waals surface area contributed by atoms with E-state index in [1.807, 2.05) is 0 Å². The second kappa shape index (κ2) is 2.01. The lowest BCUT2D eigenvalue weighted by atomic mass is 10.6. The number of carbonyl (C=O) groups is 1. The van der Waals surface area contributed by atoms with Gasteiger partial charge in [-0.2, -0.15) is 0 Å². The van der Waals surface area contributed by atoms with Gasteiger partial charge >= 0.3 is 0 Å². The third-order valence-electron chi connectivity index (χ3n) is 1.02. The van der Waals surface area contributed by atoms with E-state index in [2.05, 4.69) is 0 Å². The van der Waals surface area contributed by atoms with Crippen molar-refractivity contribution in [3.63, 3.8) is 0 Å². The summed E-state index contributed by atoms with van der Waals surface area (Å²) in [6.07, 6.45) is 2.53. The molecule has 0 saturated carbocycles. The molecule has 3 heteroatoms. The molecule has 1 aromatic heterocycles. The van der Waals surface area contributed by atoms with Gasteiger partial charge in [0.2, 0.25) is 5.91 Å². The van der Waals surface area contributed by atoms with Crippen LogP contribution in [0.25, 0.3) is 0 Å². The largest absolute Gasteiger partial charge is 0.292 e. The van der Waals surface area contributed by atoms with Gasteiger partial charge in [0, 0.05) is 19.3 Å². The average molecular weight is 127 g/mol. The lowest BCUT2D eigenvalue weighted by molar-refractivity contribution is 0.0936. The van der Waals surface area contributed by atoms with E-state index in [0.29, 0.717) is 0 Å². The molecule has 9 heavy (non-hydrogen) atoms. The van der Waals surface area contributed by atoms with Gasteiger partial charge in [0.25, 0.3) is 0 Å². The second-order valence-corrected chi connectivity index (χ2v) is 1.76. The Hall–Kier alpha value is -1.12. The first-order valence-corrected chi connectivity index (χ1v) is 2.54. The summed E-state index contributed by atoms with van der Waals surface area (Å²) in [6.45, 7) is 1.37. The highest BCUT2D eigenvalue weighted by Gasteiger charge is 1.96. The van der Waals surface area contributed by atoms with Crippen molar-refractivity contribution < 1.29 is 9.18 Å². The molecule has 1 rings (SSSR count). The number of hydrogen-bond donors (Lipinski definition) is 0. The minimum atomic E-state index is -0.384. The van der Waals surface area contributed by atoms with Crippen LogP contribution < -0.4 is 0 Å². The van der Waals surface area contributed by atoms with Crippen molar-refractivity contribution in [2.24, 2.45) is 0 Å². The Bertz CT molecular complexity index is 229. The number of aromatic nitrogens is 1. The molecule has 0 unspecified atom stereocenters. The van der Waals surface area contributed by atoms with Crippen molar-refractivity contribution in [1.82, 2.24) is 4.57 Å². The highest BCUT2D eigenvalue weighted by Crippen LogP contribution is 1.96. The third-order valence-corrected chi connectivity index (χ3v) is 1.02. The summed E-state index contributed by atoms with van der Waals surface area (Å²) in [5, 5.41) is 0. The number of carbonyl (C=O) groups excluding carboxylic acids is 1. The number of hydrogen-bond acceptors (Lipinski definition) is 1. The molecular weight excluding hydrogens is 121 g/mol. The van der Waals surface area contributed by atoms with Crippen LogP contribution in [0.5, 0.6) is 0 Å². The Kier molecular flexibility index (Phi) is 1.34. The van der Waals surface area contributed by atoms with Crippen molar-refractivity contribution in [2.75, 3.05) is 0 Å². The first kappa shape index (κ1) is 6.01. The molecule has 0 radical (unpaired) electrons. The lowest BCUT2D eigenvalue weighted by Crippen LogP contribution is -2.00. The molecule has 1 heterocycles. The Morgan fingerprint density at radius 3 is 2.67 bits per heavy atom. The van der Waals surface area contributed by atoms with E-state index in [0.717, 1.165) is 6.20 Å². The Morgan fingerprint density at radius 2 is 2.44 bits per heavy atom. The van der Waals surface area contributed by atoms with Crippen LogP contribution in [-0.4, -0.2) is 10.5 Å². The first-order chi connectivity index (χ1) is 4.20. The molecule has 0 atom stereocenters. The molecule has 48 valence electrons. The maximum absolute atomic E-state index is 12.1. The summed E-state index contributed by atoms with van der Waals surface area (Å²) in [5.74, 6) is -0.566. The van der Waals surface area contributed by atoms with Gasteiger partial charge in [0.15, 0.2) is 0 Å². The van der Waals surface area contributed by atoms with E-state index in [-0.39, 0.29) is 11.7 Å². The molecule has 1 aromatic rings. The molecule has 2 nitrogen and oxygen atoms in total. The van der Waals surface area contributed by atoms with Gasteiger partial charge in [-0.05, 0) is 6.07 Å². The van der Waals surface area contributed by atoms with E-state index in [9.17, 15) is 9.18 Å². The van der Waals surface area contributed by atoms with Crippen LogP contribution in [-0.2, 0) is 0 Å². The monoisotopic (exact) mass is 127 g/mol. The lowest BCUT2D eigenvalue weighted by Gasteiger charge is -1.89. The quantitative estimate of drug-likeness (QED) is 0.514. The van der Waals surface area contributed by atoms with E-state index in [4.69, 9.17) is 0 Å². The Balaban J connectivity index is 2.98. The molecule has 0 aromatic carbocycles. The van der Waals surface area contributed by atoms with Gasteiger partial charge < -0.3 is 0 Å². The van der Waals surface area contributed by atoms with Crippen molar-refractivity contribution >= 4 is 5.91 Å². The van der Waals surface area contributed by atoms with Crippen LogP contribution in [0.4, 0.5) is 4.39 Å². The zero-order valence-corrected chi connectivity index (χ0v) is 4.97. The topological polar surface area (TPSA) is 22.0 Å². The van der Waals surface area contributed by atoms with Gasteiger partial charge in [-0.3, -0.25) is 9.36 Å². The van der Waals surface area contributed by atoms with Crippen LogP contribution in [0.15, 0.2) is 18.5 Å². The van der Waals surface area contributed by atoms with Crippen molar-refractivity contribution in [1.29, 1.82) is 0 Å². The number of halogens is 1. The molecule has 0 aliphatic rings. The summed E-state index contributed by atoms with van der Waals surface area (Å²) in [7, 11) is 0. The average Bonchev–Trinajstić information content (AvgIpc) is 2.14. The molecule has 0 amide bonds. The van der Waals surface area contributed by atoms with Crippen LogP contribution >= 0.6 is 0 Å². The van der Waals surface area contributed by atoms with Crippen molar-refractivity contribution in [2.45, 2.75) is 6.92 Å². The highest BCUT2D eigenvalue weighted by molar-refractivity contribution is 5.75. The second-order valence-electron chi connectivity index (χ2n) is 1.76. The zero-order chi connectivity index (χ0) is 6.85. The molecule has 0 spiro atoms. The van der Waals surface area contributed by atoms with Crippen molar-refractivity contribution in [3.8, 4) is 0 Å². The normalized spacial score (nSPS) is 9.56. The summed E-state index contributed by atoms with van der Waals surface area (Å²) in [4.78, 5) is 10.5. The van der Waals surface area contributed by atoms with Crippen LogP contribution in [0.3, 0.4) is 0 Å². The molecular formula is C6H6FNO. The van der Waals surface area contributed by atoms with E-state index >= 15 is 0 Å². The van der Waals surface area contributed by atoms with Crippen molar-refractivity contribution in [3.05, 3.63) is 24.3 Å². The summed E-state index contributed by atoms with van der Waals surface area (Å²) in [5.41, 5.74) is 0.